The van der Waals surface area contributed by atoms with Crippen LogP contribution in [0.15, 0.2) is 24.3 Å². The van der Waals surface area contributed by atoms with E-state index in [0.717, 1.165) is 64.2 Å². The molecule has 0 rings (SSSR count). The Morgan fingerprint density at radius 2 is 0.434 bits per heavy atom. The van der Waals surface area contributed by atoms with Gasteiger partial charge in [0.15, 0.2) is 6.10 Å². The molecule has 0 aliphatic rings. The van der Waals surface area contributed by atoms with Crippen LogP contribution >= 0.6 is 0 Å². The van der Waals surface area contributed by atoms with Gasteiger partial charge in [-0.05, 0) is 51.4 Å². The maximum atomic E-state index is 13.0. The lowest BCUT2D eigenvalue weighted by atomic mass is 10.0. The minimum absolute atomic E-state index is 0.0624. The highest BCUT2D eigenvalue weighted by Gasteiger charge is 2.20. The zero-order valence-corrected chi connectivity index (χ0v) is 56.5. The van der Waals surface area contributed by atoms with Gasteiger partial charge < -0.3 is 14.2 Å². The largest absolute Gasteiger partial charge is 0.462 e. The van der Waals surface area contributed by atoms with Crippen LogP contribution in [0.1, 0.15) is 432 Å². The predicted molar refractivity (Wildman–Crippen MR) is 363 cm³/mol. The molecule has 6 heteroatoms. The number of esters is 3. The fourth-order valence-electron chi connectivity index (χ4n) is 11.8. The Hall–Kier alpha value is -2.11. The van der Waals surface area contributed by atoms with Gasteiger partial charge in [0.1, 0.15) is 13.2 Å². The summed E-state index contributed by atoms with van der Waals surface area (Å²) in [5.74, 6) is -0.823. The van der Waals surface area contributed by atoms with E-state index in [1.54, 1.807) is 0 Å². The smallest absolute Gasteiger partial charge is 0.306 e. The first-order chi connectivity index (χ1) is 41.0. The second-order valence-electron chi connectivity index (χ2n) is 25.9. The molecule has 6 nitrogen and oxygen atoms in total. The highest BCUT2D eigenvalue weighted by molar-refractivity contribution is 5.71. The first-order valence-corrected chi connectivity index (χ1v) is 37.8. The summed E-state index contributed by atoms with van der Waals surface area (Å²) < 4.78 is 17.0. The van der Waals surface area contributed by atoms with E-state index in [0.29, 0.717) is 19.3 Å². The first-order valence-electron chi connectivity index (χ1n) is 37.8. The average molecular weight is 1170 g/mol. The molecular weight excluding hydrogens is 1020 g/mol. The van der Waals surface area contributed by atoms with E-state index in [1.807, 2.05) is 0 Å². The Labute approximate surface area is 519 Å². The molecule has 0 bridgehead atoms. The molecule has 0 heterocycles. The van der Waals surface area contributed by atoms with Crippen LogP contribution in [0.3, 0.4) is 0 Å². The highest BCUT2D eigenvalue weighted by atomic mass is 16.6. The highest BCUT2D eigenvalue weighted by Crippen LogP contribution is 2.19. The number of ether oxygens (including phenoxy) is 3. The number of allylic oxidation sites excluding steroid dienone is 4. The maximum Gasteiger partial charge on any atom is 0.306 e. The zero-order valence-electron chi connectivity index (χ0n) is 56.5. The molecule has 0 aliphatic carbocycles. The second kappa shape index (κ2) is 72.4. The lowest BCUT2D eigenvalue weighted by Crippen LogP contribution is -2.30. The van der Waals surface area contributed by atoms with E-state index in [-0.39, 0.29) is 31.1 Å². The van der Waals surface area contributed by atoms with E-state index < -0.39 is 6.10 Å². The molecule has 0 spiro atoms. The van der Waals surface area contributed by atoms with Crippen LogP contribution in [0.5, 0.6) is 0 Å². The van der Waals surface area contributed by atoms with Gasteiger partial charge in [-0.2, -0.15) is 0 Å². The fraction of sp³-hybridized carbons (Fsp3) is 0.909. The van der Waals surface area contributed by atoms with Crippen molar-refractivity contribution in [1.82, 2.24) is 0 Å². The summed E-state index contributed by atoms with van der Waals surface area (Å²) >= 11 is 0. The van der Waals surface area contributed by atoms with E-state index >= 15 is 0 Å². The Morgan fingerprint density at radius 3 is 0.663 bits per heavy atom. The van der Waals surface area contributed by atoms with Crippen LogP contribution in [0.2, 0.25) is 0 Å². The number of hydrogen-bond donors (Lipinski definition) is 0. The summed E-state index contributed by atoms with van der Waals surface area (Å²) in [6.45, 7) is 6.73. The summed E-state index contributed by atoms with van der Waals surface area (Å²) in [7, 11) is 0. The second-order valence-corrected chi connectivity index (χ2v) is 25.9. The molecule has 0 aromatic carbocycles. The predicted octanol–water partition coefficient (Wildman–Crippen LogP) is 26.1. The van der Waals surface area contributed by atoms with Gasteiger partial charge in [0.05, 0.1) is 0 Å². The topological polar surface area (TPSA) is 78.9 Å². The van der Waals surface area contributed by atoms with E-state index in [4.69, 9.17) is 14.2 Å². The van der Waals surface area contributed by atoms with Gasteiger partial charge in [-0.15, -0.1) is 0 Å². The SMILES string of the molecule is CCCCCCC/C=C\C/C=C\CCCCCCCCCCCCCCCCCCCCCC(=O)OCC(COC(=O)CCCCCCCCCCCCCCCCCCC)OC(=O)CCCCCCCCCCCCCCCCCCC. The van der Waals surface area contributed by atoms with E-state index in [2.05, 4.69) is 45.1 Å². The van der Waals surface area contributed by atoms with Crippen molar-refractivity contribution in [2.45, 2.75) is 438 Å². The van der Waals surface area contributed by atoms with Crippen LogP contribution in [0.4, 0.5) is 0 Å². The van der Waals surface area contributed by atoms with Crippen molar-refractivity contribution < 1.29 is 28.6 Å². The number of carbonyl (C=O) groups excluding carboxylic acids is 3. The molecule has 1 unspecified atom stereocenters. The number of rotatable bonds is 71. The van der Waals surface area contributed by atoms with Crippen molar-refractivity contribution >= 4 is 17.9 Å². The average Bonchev–Trinajstić information content (AvgIpc) is 3.49. The van der Waals surface area contributed by atoms with Gasteiger partial charge in [-0.3, -0.25) is 14.4 Å². The standard InChI is InChI=1S/C77H146O6/c1-4-7-10-13-16-19-22-25-28-31-32-33-34-35-36-37-38-39-40-41-42-43-44-47-49-52-55-58-61-64-67-70-76(79)82-73-74(83-77(80)71-68-65-62-59-56-53-50-46-30-27-24-21-18-15-12-9-6-3)72-81-75(78)69-66-63-60-57-54-51-48-45-29-26-23-20-17-14-11-8-5-2/h22,25,31-32,74H,4-21,23-24,26-30,33-73H2,1-3H3/b25-22-,32-31-. The van der Waals surface area contributed by atoms with Crippen LogP contribution in [0, 0.1) is 0 Å². The van der Waals surface area contributed by atoms with E-state index in [9.17, 15) is 14.4 Å². The minimum Gasteiger partial charge on any atom is -0.462 e. The monoisotopic (exact) mass is 1170 g/mol. The number of carbonyl (C=O) groups is 3. The van der Waals surface area contributed by atoms with Crippen molar-refractivity contribution in [3.05, 3.63) is 24.3 Å². The molecule has 0 radical (unpaired) electrons. The Bertz CT molecular complexity index is 1340. The van der Waals surface area contributed by atoms with Gasteiger partial charge in [0.2, 0.25) is 0 Å². The van der Waals surface area contributed by atoms with Crippen LogP contribution in [-0.2, 0) is 28.6 Å². The lowest BCUT2D eigenvalue weighted by Gasteiger charge is -2.18. The van der Waals surface area contributed by atoms with Crippen molar-refractivity contribution in [1.29, 1.82) is 0 Å². The molecule has 0 aromatic heterocycles. The quantitative estimate of drug-likeness (QED) is 0.0261. The minimum atomic E-state index is -0.766. The molecule has 1 atom stereocenters. The van der Waals surface area contributed by atoms with Crippen molar-refractivity contribution in [2.24, 2.45) is 0 Å². The maximum absolute atomic E-state index is 13.0. The summed E-state index contributed by atoms with van der Waals surface area (Å²) in [6, 6.07) is 0. The van der Waals surface area contributed by atoms with Gasteiger partial charge >= 0.3 is 17.9 Å². The molecule has 83 heavy (non-hydrogen) atoms. The van der Waals surface area contributed by atoms with Crippen molar-refractivity contribution in [2.75, 3.05) is 13.2 Å². The Morgan fingerprint density at radius 1 is 0.241 bits per heavy atom. The molecule has 0 amide bonds. The van der Waals surface area contributed by atoms with Crippen LogP contribution in [0.25, 0.3) is 0 Å². The van der Waals surface area contributed by atoms with Crippen molar-refractivity contribution in [3.8, 4) is 0 Å². The molecule has 0 fully saturated rings. The van der Waals surface area contributed by atoms with Gasteiger partial charge in [0, 0.05) is 19.3 Å². The van der Waals surface area contributed by atoms with E-state index in [1.165, 1.54) is 327 Å². The molecular formula is C77H146O6. The Balaban J connectivity index is 4.17. The summed E-state index contributed by atoms with van der Waals surface area (Å²) in [4.78, 5) is 38.5. The Kier molecular flexibility index (Phi) is 70.5. The third-order valence-electron chi connectivity index (χ3n) is 17.5. The fourth-order valence-corrected chi connectivity index (χ4v) is 11.8. The van der Waals surface area contributed by atoms with Crippen molar-refractivity contribution in [3.63, 3.8) is 0 Å². The molecule has 0 N–H and O–H groups in total. The summed E-state index contributed by atoms with van der Waals surface area (Å²) in [5, 5.41) is 0. The summed E-state index contributed by atoms with van der Waals surface area (Å²) in [5.41, 5.74) is 0. The molecule has 0 saturated heterocycles. The molecule has 0 aliphatic heterocycles. The normalized spacial score (nSPS) is 12.1. The first kappa shape index (κ1) is 80.9. The van der Waals surface area contributed by atoms with Crippen LogP contribution in [-0.4, -0.2) is 37.2 Å². The van der Waals surface area contributed by atoms with Gasteiger partial charge in [0.25, 0.3) is 0 Å². The van der Waals surface area contributed by atoms with Gasteiger partial charge in [-0.1, -0.05) is 385 Å². The summed E-state index contributed by atoms with van der Waals surface area (Å²) in [6.07, 6.45) is 89.4. The van der Waals surface area contributed by atoms with Crippen LogP contribution < -0.4 is 0 Å². The number of unbranched alkanes of at least 4 members (excludes halogenated alkanes) is 56. The zero-order chi connectivity index (χ0) is 59.9. The van der Waals surface area contributed by atoms with Gasteiger partial charge in [-0.25, -0.2) is 0 Å². The molecule has 0 aromatic rings. The lowest BCUT2D eigenvalue weighted by molar-refractivity contribution is -0.167. The third kappa shape index (κ3) is 70.5. The molecule has 0 saturated carbocycles. The number of hydrogen-bond acceptors (Lipinski definition) is 6. The third-order valence-corrected chi connectivity index (χ3v) is 17.5. The molecule has 490 valence electrons.